The van der Waals surface area contributed by atoms with E-state index in [0.29, 0.717) is 5.75 Å². The first-order valence-electron chi connectivity index (χ1n) is 9.30. The molecule has 0 aromatic heterocycles. The summed E-state index contributed by atoms with van der Waals surface area (Å²) in [6.07, 6.45) is 5.50. The van der Waals surface area contributed by atoms with Crippen LogP contribution in [-0.4, -0.2) is 38.9 Å². The van der Waals surface area contributed by atoms with Crippen molar-refractivity contribution in [3.63, 3.8) is 0 Å². The van der Waals surface area contributed by atoms with E-state index >= 15 is 0 Å². The third kappa shape index (κ3) is 5.48. The van der Waals surface area contributed by atoms with Crippen LogP contribution in [0.15, 0.2) is 53.6 Å². The third-order valence-corrected chi connectivity index (χ3v) is 4.56. The van der Waals surface area contributed by atoms with E-state index in [4.69, 9.17) is 4.74 Å². The highest BCUT2D eigenvalue weighted by Gasteiger charge is 2.10. The van der Waals surface area contributed by atoms with Gasteiger partial charge in [0, 0.05) is 18.8 Å². The number of hydrogen-bond acceptors (Lipinski definition) is 5. The molecule has 2 N–H and O–H groups in total. The van der Waals surface area contributed by atoms with E-state index in [1.807, 2.05) is 36.4 Å². The van der Waals surface area contributed by atoms with Gasteiger partial charge in [0.1, 0.15) is 5.75 Å². The minimum atomic E-state index is -0.220. The van der Waals surface area contributed by atoms with Crippen molar-refractivity contribution in [2.75, 3.05) is 37.0 Å². The van der Waals surface area contributed by atoms with Gasteiger partial charge in [0.2, 0.25) is 0 Å². The Balaban J connectivity index is 1.46. The maximum absolute atomic E-state index is 11.9. The fourth-order valence-electron chi connectivity index (χ4n) is 3.11. The van der Waals surface area contributed by atoms with Gasteiger partial charge in [-0.05, 0) is 49.1 Å². The molecule has 0 unspecified atom stereocenters. The minimum Gasteiger partial charge on any atom is -0.495 e. The second-order valence-electron chi connectivity index (χ2n) is 6.49. The Labute approximate surface area is 160 Å². The summed E-state index contributed by atoms with van der Waals surface area (Å²) in [6.45, 7) is 2.37. The standard InChI is InChI=1S/C21H26N4O2/c1-27-20-8-4-3-7-19(20)22-16-21(26)24-23-15-17-9-11-18(12-10-17)25-13-5-2-6-14-25/h3-4,7-12,15,22H,2,5-6,13-14,16H2,1H3,(H,24,26)/b23-15-. The molecular formula is C21H26N4O2. The zero-order chi connectivity index (χ0) is 18.9. The number of carbonyl (C=O) groups excluding carboxylic acids is 1. The minimum absolute atomic E-state index is 0.117. The summed E-state index contributed by atoms with van der Waals surface area (Å²) in [5, 5.41) is 7.07. The molecule has 0 saturated carbocycles. The molecule has 2 aromatic rings. The second kappa shape index (κ2) is 9.62. The van der Waals surface area contributed by atoms with Gasteiger partial charge < -0.3 is 15.0 Å². The van der Waals surface area contributed by atoms with Crippen LogP contribution in [0.4, 0.5) is 11.4 Å². The Bertz CT molecular complexity index is 768. The number of nitrogens with zero attached hydrogens (tertiary/aromatic N) is 2. The molecule has 1 fully saturated rings. The van der Waals surface area contributed by atoms with E-state index in [1.165, 1.54) is 24.9 Å². The van der Waals surface area contributed by atoms with Crippen LogP contribution in [0, 0.1) is 0 Å². The summed E-state index contributed by atoms with van der Waals surface area (Å²) in [5.41, 5.74) is 5.50. The van der Waals surface area contributed by atoms with Gasteiger partial charge in [-0.2, -0.15) is 5.10 Å². The van der Waals surface area contributed by atoms with Crippen molar-refractivity contribution >= 4 is 23.5 Å². The zero-order valence-corrected chi connectivity index (χ0v) is 15.6. The van der Waals surface area contributed by atoms with Crippen LogP contribution < -0.4 is 20.4 Å². The molecule has 1 saturated heterocycles. The van der Waals surface area contributed by atoms with Gasteiger partial charge in [-0.1, -0.05) is 24.3 Å². The van der Waals surface area contributed by atoms with Gasteiger partial charge in [-0.3, -0.25) is 4.79 Å². The summed E-state index contributed by atoms with van der Waals surface area (Å²) < 4.78 is 5.24. The van der Waals surface area contributed by atoms with Gasteiger partial charge in [0.15, 0.2) is 0 Å². The molecule has 1 amide bonds. The third-order valence-electron chi connectivity index (χ3n) is 4.56. The van der Waals surface area contributed by atoms with Crippen LogP contribution in [0.5, 0.6) is 5.75 Å². The van der Waals surface area contributed by atoms with Crippen molar-refractivity contribution in [1.82, 2.24) is 5.43 Å². The topological polar surface area (TPSA) is 66.0 Å². The number of benzene rings is 2. The van der Waals surface area contributed by atoms with Crippen molar-refractivity contribution in [2.45, 2.75) is 19.3 Å². The van der Waals surface area contributed by atoms with E-state index < -0.39 is 0 Å². The summed E-state index contributed by atoms with van der Waals surface area (Å²) in [5.74, 6) is 0.477. The molecule has 0 radical (unpaired) electrons. The molecule has 0 bridgehead atoms. The van der Waals surface area contributed by atoms with E-state index in [-0.39, 0.29) is 12.5 Å². The second-order valence-corrected chi connectivity index (χ2v) is 6.49. The van der Waals surface area contributed by atoms with Crippen LogP contribution in [0.2, 0.25) is 0 Å². The molecular weight excluding hydrogens is 340 g/mol. The van der Waals surface area contributed by atoms with Gasteiger partial charge in [-0.25, -0.2) is 5.43 Å². The SMILES string of the molecule is COc1ccccc1NCC(=O)N/N=C\c1ccc(N2CCCCC2)cc1. The lowest BCUT2D eigenvalue weighted by molar-refractivity contribution is -0.119. The summed E-state index contributed by atoms with van der Waals surface area (Å²) in [7, 11) is 1.60. The number of rotatable bonds is 7. The number of nitrogens with one attached hydrogen (secondary N) is 2. The molecule has 0 atom stereocenters. The van der Waals surface area contributed by atoms with Crippen molar-refractivity contribution < 1.29 is 9.53 Å². The Hall–Kier alpha value is -3.02. The molecule has 2 aromatic carbocycles. The molecule has 6 nitrogen and oxygen atoms in total. The highest BCUT2D eigenvalue weighted by molar-refractivity contribution is 5.84. The Morgan fingerprint density at radius 2 is 1.85 bits per heavy atom. The number of ether oxygens (including phenoxy) is 1. The summed E-state index contributed by atoms with van der Waals surface area (Å²) in [4.78, 5) is 14.3. The predicted molar refractivity (Wildman–Crippen MR) is 110 cm³/mol. The lowest BCUT2D eigenvalue weighted by atomic mass is 10.1. The molecule has 142 valence electrons. The fraction of sp³-hybridized carbons (Fsp3) is 0.333. The fourth-order valence-corrected chi connectivity index (χ4v) is 3.11. The van der Waals surface area contributed by atoms with Crippen molar-refractivity contribution in [3.8, 4) is 5.75 Å². The molecule has 1 aliphatic rings. The van der Waals surface area contributed by atoms with E-state index in [0.717, 1.165) is 24.3 Å². The van der Waals surface area contributed by atoms with Crippen molar-refractivity contribution in [1.29, 1.82) is 0 Å². The Morgan fingerprint density at radius 1 is 1.11 bits per heavy atom. The largest absolute Gasteiger partial charge is 0.495 e. The number of carbonyl (C=O) groups is 1. The van der Waals surface area contributed by atoms with Crippen LogP contribution in [0.1, 0.15) is 24.8 Å². The van der Waals surface area contributed by atoms with E-state index in [9.17, 15) is 4.79 Å². The smallest absolute Gasteiger partial charge is 0.259 e. The quantitative estimate of drug-likeness (QED) is 0.583. The summed E-state index contributed by atoms with van der Waals surface area (Å²) in [6, 6.07) is 15.7. The number of methoxy groups -OCH3 is 1. The van der Waals surface area contributed by atoms with Gasteiger partial charge >= 0.3 is 0 Å². The number of amides is 1. The lowest BCUT2D eigenvalue weighted by Crippen LogP contribution is -2.29. The maximum atomic E-state index is 11.9. The number of anilines is 2. The van der Waals surface area contributed by atoms with Crippen LogP contribution in [-0.2, 0) is 4.79 Å². The Morgan fingerprint density at radius 3 is 2.59 bits per heavy atom. The van der Waals surface area contributed by atoms with Crippen LogP contribution in [0.25, 0.3) is 0 Å². The monoisotopic (exact) mass is 366 g/mol. The number of hydrogen-bond donors (Lipinski definition) is 2. The molecule has 1 aliphatic heterocycles. The van der Waals surface area contributed by atoms with Gasteiger partial charge in [0.05, 0.1) is 25.6 Å². The summed E-state index contributed by atoms with van der Waals surface area (Å²) >= 11 is 0. The van der Waals surface area contributed by atoms with Crippen molar-refractivity contribution in [2.24, 2.45) is 5.10 Å². The zero-order valence-electron chi connectivity index (χ0n) is 15.6. The average Bonchev–Trinajstić information content (AvgIpc) is 2.73. The molecule has 3 rings (SSSR count). The first kappa shape index (κ1) is 18.8. The van der Waals surface area contributed by atoms with Gasteiger partial charge in [-0.15, -0.1) is 0 Å². The maximum Gasteiger partial charge on any atom is 0.259 e. The first-order chi connectivity index (χ1) is 13.3. The van der Waals surface area contributed by atoms with Crippen LogP contribution >= 0.6 is 0 Å². The number of hydrazone groups is 1. The number of piperidine rings is 1. The molecule has 0 aliphatic carbocycles. The normalized spacial score (nSPS) is 14.2. The van der Waals surface area contributed by atoms with E-state index in [2.05, 4.69) is 32.9 Å². The molecule has 1 heterocycles. The highest BCUT2D eigenvalue weighted by atomic mass is 16.5. The van der Waals surface area contributed by atoms with Crippen LogP contribution in [0.3, 0.4) is 0 Å². The molecule has 0 spiro atoms. The molecule has 27 heavy (non-hydrogen) atoms. The average molecular weight is 366 g/mol. The first-order valence-corrected chi connectivity index (χ1v) is 9.30. The van der Waals surface area contributed by atoms with Gasteiger partial charge in [0.25, 0.3) is 5.91 Å². The predicted octanol–water partition coefficient (Wildman–Crippen LogP) is 3.25. The molecule has 6 heteroatoms. The number of para-hydroxylation sites is 2. The van der Waals surface area contributed by atoms with Crippen molar-refractivity contribution in [3.05, 3.63) is 54.1 Å². The highest BCUT2D eigenvalue weighted by Crippen LogP contribution is 2.22. The van der Waals surface area contributed by atoms with E-state index in [1.54, 1.807) is 13.3 Å². The lowest BCUT2D eigenvalue weighted by Gasteiger charge is -2.28. The Kier molecular flexibility index (Phi) is 6.68.